The topological polar surface area (TPSA) is 117 Å². The van der Waals surface area contributed by atoms with Crippen molar-refractivity contribution in [2.75, 3.05) is 11.9 Å². The molecule has 1 unspecified atom stereocenters. The van der Waals surface area contributed by atoms with Crippen molar-refractivity contribution < 1.29 is 19.0 Å². The van der Waals surface area contributed by atoms with Crippen LogP contribution in [0.5, 0.6) is 0 Å². The van der Waals surface area contributed by atoms with E-state index in [0.29, 0.717) is 33.8 Å². The predicted octanol–water partition coefficient (Wildman–Crippen LogP) is 2.86. The number of hydrogen-bond acceptors (Lipinski definition) is 8. The number of aromatic nitrogens is 5. The standard InChI is InChI=1S/C20H16F2N6O2/c21-5-11-1-2-17(23-6-11)28-20-19-15(26-10-27-20)4-13(8-25-19)18-14(22)3-12(7-24-18)16(30)9-29/h1-4,6-8,10,16,29-30H,5,9H2,(H,23,26,27,28). The normalized spacial score (nSPS) is 12.1. The summed E-state index contributed by atoms with van der Waals surface area (Å²) in [6.45, 7) is -1.13. The lowest BCUT2D eigenvalue weighted by Gasteiger charge is -2.10. The molecule has 0 aliphatic rings. The molecule has 3 N–H and O–H groups in total. The summed E-state index contributed by atoms with van der Waals surface area (Å²) in [6, 6.07) is 5.96. The van der Waals surface area contributed by atoms with E-state index in [-0.39, 0.29) is 11.3 Å². The van der Waals surface area contributed by atoms with Crippen molar-refractivity contribution in [3.8, 4) is 11.3 Å². The van der Waals surface area contributed by atoms with Crippen molar-refractivity contribution in [1.29, 1.82) is 0 Å². The highest BCUT2D eigenvalue weighted by Gasteiger charge is 2.15. The van der Waals surface area contributed by atoms with Gasteiger partial charge in [0, 0.05) is 35.3 Å². The quantitative estimate of drug-likeness (QED) is 0.444. The van der Waals surface area contributed by atoms with Crippen molar-refractivity contribution in [3.63, 3.8) is 0 Å². The molecule has 0 spiro atoms. The molecule has 30 heavy (non-hydrogen) atoms. The number of fused-ring (bicyclic) bond motifs is 1. The lowest BCUT2D eigenvalue weighted by molar-refractivity contribution is 0.0951. The molecule has 152 valence electrons. The number of alkyl halides is 1. The monoisotopic (exact) mass is 410 g/mol. The number of halogens is 2. The maximum Gasteiger partial charge on any atom is 0.161 e. The minimum atomic E-state index is -1.20. The maximum absolute atomic E-state index is 14.5. The molecule has 0 amide bonds. The van der Waals surface area contributed by atoms with E-state index in [1.54, 1.807) is 18.2 Å². The molecule has 10 heteroatoms. The zero-order chi connectivity index (χ0) is 21.1. The van der Waals surface area contributed by atoms with Gasteiger partial charge in [-0.1, -0.05) is 6.07 Å². The average Bonchev–Trinajstić information content (AvgIpc) is 2.79. The van der Waals surface area contributed by atoms with Crippen molar-refractivity contribution in [2.24, 2.45) is 0 Å². The number of rotatable bonds is 6. The number of aliphatic hydroxyl groups is 2. The Kier molecular flexibility index (Phi) is 5.50. The summed E-state index contributed by atoms with van der Waals surface area (Å²) in [5.74, 6) is 0.191. The van der Waals surface area contributed by atoms with Crippen LogP contribution in [0.4, 0.5) is 20.4 Å². The van der Waals surface area contributed by atoms with E-state index in [4.69, 9.17) is 5.11 Å². The van der Waals surface area contributed by atoms with E-state index in [0.717, 1.165) is 6.07 Å². The van der Waals surface area contributed by atoms with Gasteiger partial charge in [0.15, 0.2) is 5.82 Å². The first-order valence-corrected chi connectivity index (χ1v) is 8.92. The number of nitrogens with zero attached hydrogens (tertiary/aromatic N) is 5. The van der Waals surface area contributed by atoms with Gasteiger partial charge in [-0.05, 0) is 18.2 Å². The Balaban J connectivity index is 1.67. The Hall–Kier alpha value is -3.63. The molecule has 0 aromatic carbocycles. The third-order valence-corrected chi connectivity index (χ3v) is 4.39. The highest BCUT2D eigenvalue weighted by molar-refractivity contribution is 5.88. The molecule has 0 bridgehead atoms. The molecule has 1 atom stereocenters. The number of hydrogen-bond donors (Lipinski definition) is 3. The highest BCUT2D eigenvalue weighted by Crippen LogP contribution is 2.27. The first kappa shape index (κ1) is 19.7. The van der Waals surface area contributed by atoms with Crippen LogP contribution in [0.3, 0.4) is 0 Å². The Labute approximate surface area is 169 Å². The first-order chi connectivity index (χ1) is 14.6. The molecule has 0 saturated heterocycles. The second-order valence-electron chi connectivity index (χ2n) is 6.42. The van der Waals surface area contributed by atoms with E-state index in [1.807, 2.05) is 0 Å². The Bertz CT molecular complexity index is 1190. The van der Waals surface area contributed by atoms with Crippen LogP contribution in [0.1, 0.15) is 17.2 Å². The summed E-state index contributed by atoms with van der Waals surface area (Å²) in [7, 11) is 0. The molecular formula is C20H16F2N6O2. The van der Waals surface area contributed by atoms with Gasteiger partial charge in [0.25, 0.3) is 0 Å². The van der Waals surface area contributed by atoms with Crippen molar-refractivity contribution >= 4 is 22.7 Å². The first-order valence-electron chi connectivity index (χ1n) is 8.92. The average molecular weight is 410 g/mol. The third-order valence-electron chi connectivity index (χ3n) is 4.39. The van der Waals surface area contributed by atoms with Crippen LogP contribution in [0.25, 0.3) is 22.3 Å². The van der Waals surface area contributed by atoms with Gasteiger partial charge in [-0.15, -0.1) is 0 Å². The number of nitrogens with one attached hydrogen (secondary N) is 1. The van der Waals surface area contributed by atoms with Gasteiger partial charge in [-0.2, -0.15) is 0 Å². The molecular weight excluding hydrogens is 394 g/mol. The maximum atomic E-state index is 14.5. The zero-order valence-corrected chi connectivity index (χ0v) is 15.5. The van der Waals surface area contributed by atoms with Gasteiger partial charge in [-0.25, -0.2) is 28.7 Å². The fourth-order valence-electron chi connectivity index (χ4n) is 2.82. The molecule has 4 aromatic heterocycles. The molecule has 4 heterocycles. The van der Waals surface area contributed by atoms with Crippen LogP contribution in [-0.4, -0.2) is 41.7 Å². The lowest BCUT2D eigenvalue weighted by atomic mass is 10.1. The van der Waals surface area contributed by atoms with Crippen LogP contribution in [-0.2, 0) is 6.67 Å². The van der Waals surface area contributed by atoms with Crippen LogP contribution in [0.2, 0.25) is 0 Å². The summed E-state index contributed by atoms with van der Waals surface area (Å²) in [6.07, 6.45) is 4.28. The summed E-state index contributed by atoms with van der Waals surface area (Å²) >= 11 is 0. The van der Waals surface area contributed by atoms with E-state index < -0.39 is 25.2 Å². The van der Waals surface area contributed by atoms with Crippen LogP contribution in [0.15, 0.2) is 49.2 Å². The van der Waals surface area contributed by atoms with Gasteiger partial charge in [0.1, 0.15) is 42.0 Å². The Morgan fingerprint density at radius 3 is 2.57 bits per heavy atom. The molecule has 4 aromatic rings. The Morgan fingerprint density at radius 1 is 1.00 bits per heavy atom. The zero-order valence-electron chi connectivity index (χ0n) is 15.5. The number of aliphatic hydroxyl groups excluding tert-OH is 2. The van der Waals surface area contributed by atoms with Crippen molar-refractivity contribution in [1.82, 2.24) is 24.9 Å². The van der Waals surface area contributed by atoms with E-state index in [1.165, 1.54) is 24.9 Å². The summed E-state index contributed by atoms with van der Waals surface area (Å²) in [4.78, 5) is 20.8. The summed E-state index contributed by atoms with van der Waals surface area (Å²) in [5.41, 5.74) is 1.95. The van der Waals surface area contributed by atoms with E-state index in [9.17, 15) is 13.9 Å². The fourth-order valence-corrected chi connectivity index (χ4v) is 2.82. The minimum absolute atomic E-state index is 0.0369. The smallest absolute Gasteiger partial charge is 0.161 e. The third kappa shape index (κ3) is 3.91. The van der Waals surface area contributed by atoms with Crippen LogP contribution < -0.4 is 5.32 Å². The van der Waals surface area contributed by atoms with Gasteiger partial charge in [-0.3, -0.25) is 4.98 Å². The molecule has 8 nitrogen and oxygen atoms in total. The summed E-state index contributed by atoms with van der Waals surface area (Å²) in [5, 5.41) is 21.6. The summed E-state index contributed by atoms with van der Waals surface area (Å²) < 4.78 is 27.1. The molecule has 4 rings (SSSR count). The van der Waals surface area contributed by atoms with Crippen LogP contribution in [0, 0.1) is 5.82 Å². The molecule has 0 fully saturated rings. The highest BCUT2D eigenvalue weighted by atomic mass is 19.1. The van der Waals surface area contributed by atoms with Crippen molar-refractivity contribution in [3.05, 3.63) is 66.1 Å². The van der Waals surface area contributed by atoms with Gasteiger partial charge in [0.2, 0.25) is 0 Å². The van der Waals surface area contributed by atoms with E-state index in [2.05, 4.69) is 30.2 Å². The fraction of sp³-hybridized carbons (Fsp3) is 0.150. The molecule has 0 saturated carbocycles. The lowest BCUT2D eigenvalue weighted by Crippen LogP contribution is -2.04. The molecule has 0 aliphatic carbocycles. The second kappa shape index (κ2) is 8.39. The van der Waals surface area contributed by atoms with Gasteiger partial charge >= 0.3 is 0 Å². The predicted molar refractivity (Wildman–Crippen MR) is 105 cm³/mol. The van der Waals surface area contributed by atoms with E-state index >= 15 is 0 Å². The second-order valence-corrected chi connectivity index (χ2v) is 6.42. The van der Waals surface area contributed by atoms with Crippen LogP contribution >= 0.6 is 0 Å². The molecule has 0 radical (unpaired) electrons. The van der Waals surface area contributed by atoms with Gasteiger partial charge in [0.05, 0.1) is 12.1 Å². The molecule has 0 aliphatic heterocycles. The van der Waals surface area contributed by atoms with Gasteiger partial charge < -0.3 is 15.5 Å². The number of anilines is 2. The minimum Gasteiger partial charge on any atom is -0.393 e. The Morgan fingerprint density at radius 2 is 1.87 bits per heavy atom. The SMILES string of the molecule is OCC(O)c1cnc(-c2cnc3c(Nc4ccc(CF)cn4)ncnc3c2)c(F)c1. The van der Waals surface area contributed by atoms with Crippen molar-refractivity contribution in [2.45, 2.75) is 12.8 Å². The largest absolute Gasteiger partial charge is 0.393 e. The number of pyridine rings is 3.